The normalized spacial score (nSPS) is 23.0. The van der Waals surface area contributed by atoms with Crippen molar-refractivity contribution in [1.82, 2.24) is 5.32 Å². The Morgan fingerprint density at radius 2 is 2.00 bits per heavy atom. The maximum absolute atomic E-state index is 3.45. The third kappa shape index (κ3) is 2.10. The van der Waals surface area contributed by atoms with Crippen molar-refractivity contribution in [3.05, 3.63) is 35.4 Å². The Balaban J connectivity index is 2.10. The summed E-state index contributed by atoms with van der Waals surface area (Å²) < 4.78 is 0. The Labute approximate surface area is 80.2 Å². The van der Waals surface area contributed by atoms with Gasteiger partial charge in [0.2, 0.25) is 0 Å². The third-order valence-electron chi connectivity index (χ3n) is 2.85. The fourth-order valence-electron chi connectivity index (χ4n) is 1.97. The molecule has 0 amide bonds. The van der Waals surface area contributed by atoms with Crippen LogP contribution in [0.4, 0.5) is 0 Å². The number of piperidine rings is 1. The van der Waals surface area contributed by atoms with Crippen molar-refractivity contribution in [3.63, 3.8) is 0 Å². The molecule has 1 heterocycles. The van der Waals surface area contributed by atoms with Crippen LogP contribution < -0.4 is 5.32 Å². The zero-order valence-electron chi connectivity index (χ0n) is 8.22. The molecule has 0 aromatic heterocycles. The van der Waals surface area contributed by atoms with Crippen molar-refractivity contribution in [1.29, 1.82) is 0 Å². The molecule has 1 aromatic rings. The first-order valence-corrected chi connectivity index (χ1v) is 5.13. The summed E-state index contributed by atoms with van der Waals surface area (Å²) in [6, 6.07) is 8.97. The van der Waals surface area contributed by atoms with Gasteiger partial charge < -0.3 is 5.32 Å². The standard InChI is InChI=1S/C12H17N/c1-10-4-6-11(7-5-10)12-3-2-8-13-9-12/h4-7,12-13H,2-3,8-9H2,1H3/t12-/m0/s1. The summed E-state index contributed by atoms with van der Waals surface area (Å²) in [5, 5.41) is 3.45. The Morgan fingerprint density at radius 1 is 1.23 bits per heavy atom. The monoisotopic (exact) mass is 175 g/mol. The fourth-order valence-corrected chi connectivity index (χ4v) is 1.97. The highest BCUT2D eigenvalue weighted by Gasteiger charge is 2.13. The Kier molecular flexibility index (Phi) is 2.65. The molecule has 0 saturated carbocycles. The minimum absolute atomic E-state index is 0.745. The lowest BCUT2D eigenvalue weighted by Crippen LogP contribution is -2.28. The molecule has 1 atom stereocenters. The lowest BCUT2D eigenvalue weighted by atomic mass is 9.91. The molecular formula is C12H17N. The number of aryl methyl sites for hydroxylation is 1. The Hall–Kier alpha value is -0.820. The van der Waals surface area contributed by atoms with Gasteiger partial charge in [0, 0.05) is 6.54 Å². The minimum Gasteiger partial charge on any atom is -0.316 e. The first kappa shape index (κ1) is 8.76. The van der Waals surface area contributed by atoms with Gasteiger partial charge in [-0.2, -0.15) is 0 Å². The molecule has 1 heteroatoms. The van der Waals surface area contributed by atoms with Gasteiger partial charge in [-0.25, -0.2) is 0 Å². The van der Waals surface area contributed by atoms with Gasteiger partial charge in [-0.1, -0.05) is 29.8 Å². The van der Waals surface area contributed by atoms with Gasteiger partial charge in [0.15, 0.2) is 0 Å². The van der Waals surface area contributed by atoms with Gasteiger partial charge >= 0.3 is 0 Å². The molecule has 1 aliphatic rings. The van der Waals surface area contributed by atoms with Crippen molar-refractivity contribution in [2.45, 2.75) is 25.7 Å². The second-order valence-electron chi connectivity index (χ2n) is 3.95. The average Bonchev–Trinajstić information content (AvgIpc) is 2.20. The summed E-state index contributed by atoms with van der Waals surface area (Å²) in [7, 11) is 0. The van der Waals surface area contributed by atoms with Crippen LogP contribution in [-0.4, -0.2) is 13.1 Å². The van der Waals surface area contributed by atoms with Crippen molar-refractivity contribution in [2.24, 2.45) is 0 Å². The molecule has 1 aliphatic heterocycles. The first-order chi connectivity index (χ1) is 6.36. The van der Waals surface area contributed by atoms with Crippen molar-refractivity contribution in [2.75, 3.05) is 13.1 Å². The highest BCUT2D eigenvalue weighted by molar-refractivity contribution is 5.25. The van der Waals surface area contributed by atoms with Crippen LogP contribution in [0.5, 0.6) is 0 Å². The first-order valence-electron chi connectivity index (χ1n) is 5.13. The quantitative estimate of drug-likeness (QED) is 0.691. The summed E-state index contributed by atoms with van der Waals surface area (Å²) in [5.41, 5.74) is 2.85. The molecule has 1 saturated heterocycles. The number of hydrogen-bond acceptors (Lipinski definition) is 1. The van der Waals surface area contributed by atoms with Crippen molar-refractivity contribution in [3.8, 4) is 0 Å². The van der Waals surface area contributed by atoms with E-state index in [4.69, 9.17) is 0 Å². The summed E-state index contributed by atoms with van der Waals surface area (Å²) in [6.07, 6.45) is 2.66. The van der Waals surface area contributed by atoms with Crippen molar-refractivity contribution < 1.29 is 0 Å². The summed E-state index contributed by atoms with van der Waals surface area (Å²) in [5.74, 6) is 0.745. The highest BCUT2D eigenvalue weighted by Crippen LogP contribution is 2.22. The molecule has 0 spiro atoms. The van der Waals surface area contributed by atoms with Crippen LogP contribution in [0.15, 0.2) is 24.3 Å². The van der Waals surface area contributed by atoms with Crippen molar-refractivity contribution >= 4 is 0 Å². The lowest BCUT2D eigenvalue weighted by molar-refractivity contribution is 0.461. The van der Waals surface area contributed by atoms with E-state index >= 15 is 0 Å². The van der Waals surface area contributed by atoms with Crippen LogP contribution in [0.25, 0.3) is 0 Å². The van der Waals surface area contributed by atoms with Crippen LogP contribution in [-0.2, 0) is 0 Å². The van der Waals surface area contributed by atoms with E-state index in [0.29, 0.717) is 0 Å². The van der Waals surface area contributed by atoms with Crippen LogP contribution in [0.3, 0.4) is 0 Å². The third-order valence-corrected chi connectivity index (χ3v) is 2.85. The van der Waals surface area contributed by atoms with Crippen LogP contribution in [0, 0.1) is 6.92 Å². The average molecular weight is 175 g/mol. The molecular weight excluding hydrogens is 158 g/mol. The molecule has 1 nitrogen and oxygen atoms in total. The molecule has 1 N–H and O–H groups in total. The lowest BCUT2D eigenvalue weighted by Gasteiger charge is -2.23. The van der Waals surface area contributed by atoms with E-state index in [2.05, 4.69) is 36.5 Å². The minimum atomic E-state index is 0.745. The SMILES string of the molecule is Cc1ccc([C@H]2CCCNC2)cc1. The highest BCUT2D eigenvalue weighted by atomic mass is 14.9. The number of nitrogens with one attached hydrogen (secondary N) is 1. The molecule has 0 radical (unpaired) electrons. The predicted octanol–water partition coefficient (Wildman–Crippen LogP) is 2.46. The smallest absolute Gasteiger partial charge is 0.00201 e. The fraction of sp³-hybridized carbons (Fsp3) is 0.500. The Bertz CT molecular complexity index is 257. The van der Waals surface area contributed by atoms with E-state index in [1.54, 1.807) is 0 Å². The molecule has 1 aromatic carbocycles. The van der Waals surface area contributed by atoms with Gasteiger partial charge in [0.1, 0.15) is 0 Å². The molecule has 0 unspecified atom stereocenters. The predicted molar refractivity (Wildman–Crippen MR) is 56.0 cm³/mol. The second kappa shape index (κ2) is 3.93. The van der Waals surface area contributed by atoms with Crippen LogP contribution in [0.1, 0.15) is 29.9 Å². The van der Waals surface area contributed by atoms with Gasteiger partial charge in [-0.05, 0) is 37.8 Å². The van der Waals surface area contributed by atoms with E-state index < -0.39 is 0 Å². The number of rotatable bonds is 1. The molecule has 0 bridgehead atoms. The maximum Gasteiger partial charge on any atom is 0.00201 e. The van der Waals surface area contributed by atoms with E-state index in [1.807, 2.05) is 0 Å². The molecule has 1 fully saturated rings. The van der Waals surface area contributed by atoms with Gasteiger partial charge in [-0.3, -0.25) is 0 Å². The number of benzene rings is 1. The molecule has 70 valence electrons. The maximum atomic E-state index is 3.45. The van der Waals surface area contributed by atoms with Crippen LogP contribution in [0.2, 0.25) is 0 Å². The Morgan fingerprint density at radius 3 is 2.62 bits per heavy atom. The van der Waals surface area contributed by atoms with Gasteiger partial charge in [0.25, 0.3) is 0 Å². The molecule has 13 heavy (non-hydrogen) atoms. The topological polar surface area (TPSA) is 12.0 Å². The summed E-state index contributed by atoms with van der Waals surface area (Å²) >= 11 is 0. The van der Waals surface area contributed by atoms with Gasteiger partial charge in [-0.15, -0.1) is 0 Å². The largest absolute Gasteiger partial charge is 0.316 e. The molecule has 2 rings (SSSR count). The zero-order chi connectivity index (χ0) is 9.10. The van der Waals surface area contributed by atoms with E-state index in [0.717, 1.165) is 12.5 Å². The second-order valence-corrected chi connectivity index (χ2v) is 3.95. The van der Waals surface area contributed by atoms with E-state index in [-0.39, 0.29) is 0 Å². The zero-order valence-corrected chi connectivity index (χ0v) is 8.22. The van der Waals surface area contributed by atoms with Gasteiger partial charge in [0.05, 0.1) is 0 Å². The summed E-state index contributed by atoms with van der Waals surface area (Å²) in [4.78, 5) is 0. The van der Waals surface area contributed by atoms with E-state index in [1.165, 1.54) is 30.5 Å². The van der Waals surface area contributed by atoms with Crippen LogP contribution >= 0.6 is 0 Å². The summed E-state index contributed by atoms with van der Waals surface area (Å²) in [6.45, 7) is 4.49. The van der Waals surface area contributed by atoms with E-state index in [9.17, 15) is 0 Å². The number of hydrogen-bond donors (Lipinski definition) is 1. The molecule has 0 aliphatic carbocycles.